The highest BCUT2D eigenvalue weighted by molar-refractivity contribution is 6.01. The van der Waals surface area contributed by atoms with E-state index in [1.165, 1.54) is 12.8 Å². The van der Waals surface area contributed by atoms with E-state index >= 15 is 0 Å². The molecule has 3 rings (SSSR count). The Labute approximate surface area is 136 Å². The van der Waals surface area contributed by atoms with Gasteiger partial charge in [0.25, 0.3) is 0 Å². The maximum Gasteiger partial charge on any atom is 0.228 e. The van der Waals surface area contributed by atoms with Crippen LogP contribution in [0.4, 0.5) is 5.69 Å². The van der Waals surface area contributed by atoms with Crippen LogP contribution in [-0.2, 0) is 9.59 Å². The Morgan fingerprint density at radius 1 is 1.13 bits per heavy atom. The molecule has 0 radical (unpaired) electrons. The van der Waals surface area contributed by atoms with E-state index in [4.69, 9.17) is 0 Å². The molecule has 0 bridgehead atoms. The molecule has 1 unspecified atom stereocenters. The summed E-state index contributed by atoms with van der Waals surface area (Å²) in [4.78, 5) is 28.6. The molecule has 0 aromatic heterocycles. The molecule has 0 spiro atoms. The number of rotatable bonds is 2. The van der Waals surface area contributed by atoms with Crippen molar-refractivity contribution in [3.05, 3.63) is 29.8 Å². The van der Waals surface area contributed by atoms with Gasteiger partial charge < -0.3 is 9.80 Å². The van der Waals surface area contributed by atoms with Crippen LogP contribution in [0.3, 0.4) is 0 Å². The Morgan fingerprint density at radius 3 is 2.52 bits per heavy atom. The molecule has 2 fully saturated rings. The summed E-state index contributed by atoms with van der Waals surface area (Å²) in [5.74, 6) is -0.259. The number of amides is 2. The normalized spacial score (nSPS) is 21.9. The van der Waals surface area contributed by atoms with Crippen LogP contribution >= 0.6 is 0 Å². The van der Waals surface area contributed by atoms with Crippen LogP contribution in [0.2, 0.25) is 0 Å². The van der Waals surface area contributed by atoms with E-state index in [1.807, 2.05) is 11.0 Å². The molecule has 5 heteroatoms. The molecule has 0 aliphatic carbocycles. The number of benzene rings is 1. The smallest absolute Gasteiger partial charge is 0.228 e. The van der Waals surface area contributed by atoms with E-state index in [0.717, 1.165) is 25.9 Å². The number of hydrogen-bond acceptors (Lipinski definition) is 3. The number of likely N-dealkylation sites (tertiary alicyclic amines) is 1. The number of carbonyl (C=O) groups excluding carboxylic acids is 2. The minimum absolute atomic E-state index is 0.0686. The predicted molar refractivity (Wildman–Crippen MR) is 86.7 cm³/mol. The molecule has 2 aliphatic rings. The van der Waals surface area contributed by atoms with E-state index in [1.54, 1.807) is 23.1 Å². The van der Waals surface area contributed by atoms with Gasteiger partial charge in [-0.2, -0.15) is 5.26 Å². The fraction of sp³-hybridized carbons (Fsp3) is 0.500. The van der Waals surface area contributed by atoms with Gasteiger partial charge in [-0.1, -0.05) is 25.0 Å². The first kappa shape index (κ1) is 15.5. The summed E-state index contributed by atoms with van der Waals surface area (Å²) in [6, 6.07) is 9.19. The Kier molecular flexibility index (Phi) is 4.61. The summed E-state index contributed by atoms with van der Waals surface area (Å²) in [5, 5.41) is 9.21. The lowest BCUT2D eigenvalue weighted by molar-refractivity contribution is -0.135. The van der Waals surface area contributed by atoms with Crippen LogP contribution in [0, 0.1) is 17.2 Å². The second-order valence-corrected chi connectivity index (χ2v) is 6.27. The monoisotopic (exact) mass is 311 g/mol. The van der Waals surface area contributed by atoms with Gasteiger partial charge >= 0.3 is 0 Å². The van der Waals surface area contributed by atoms with Crippen molar-refractivity contribution in [1.29, 1.82) is 5.26 Å². The van der Waals surface area contributed by atoms with Crippen molar-refractivity contribution >= 4 is 17.5 Å². The van der Waals surface area contributed by atoms with Gasteiger partial charge in [0.15, 0.2) is 0 Å². The van der Waals surface area contributed by atoms with Gasteiger partial charge in [-0.15, -0.1) is 0 Å². The Bertz CT molecular complexity index is 642. The molecule has 23 heavy (non-hydrogen) atoms. The van der Waals surface area contributed by atoms with Crippen LogP contribution in [0.25, 0.3) is 0 Å². The Balaban J connectivity index is 1.74. The molecule has 0 N–H and O–H groups in total. The number of nitrogens with zero attached hydrogens (tertiary/aromatic N) is 3. The molecule has 1 aromatic carbocycles. The van der Waals surface area contributed by atoms with E-state index in [-0.39, 0.29) is 24.2 Å². The summed E-state index contributed by atoms with van der Waals surface area (Å²) in [7, 11) is 0. The third-order valence-corrected chi connectivity index (χ3v) is 4.71. The molecule has 120 valence electrons. The largest absolute Gasteiger partial charge is 0.342 e. The number of carbonyl (C=O) groups is 2. The van der Waals surface area contributed by atoms with Crippen molar-refractivity contribution in [2.24, 2.45) is 5.92 Å². The lowest BCUT2D eigenvalue weighted by Crippen LogP contribution is -2.38. The highest BCUT2D eigenvalue weighted by atomic mass is 16.2. The van der Waals surface area contributed by atoms with Crippen molar-refractivity contribution in [3.8, 4) is 6.07 Å². The zero-order valence-electron chi connectivity index (χ0n) is 13.2. The summed E-state index contributed by atoms with van der Waals surface area (Å²) in [6.07, 6.45) is 4.69. The third-order valence-electron chi connectivity index (χ3n) is 4.71. The molecular weight excluding hydrogens is 290 g/mol. The SMILES string of the molecule is N#Cc1ccccc1N1CC(C(=O)N2CCCCCC2)CC1=O. The minimum atomic E-state index is -0.285. The van der Waals surface area contributed by atoms with Crippen molar-refractivity contribution < 1.29 is 9.59 Å². The maximum absolute atomic E-state index is 12.7. The van der Waals surface area contributed by atoms with Gasteiger partial charge in [0.1, 0.15) is 6.07 Å². The highest BCUT2D eigenvalue weighted by Crippen LogP contribution is 2.29. The molecule has 1 atom stereocenters. The van der Waals surface area contributed by atoms with Crippen LogP contribution in [0.5, 0.6) is 0 Å². The standard InChI is InChI=1S/C18H21N3O2/c19-12-14-7-3-4-8-16(14)21-13-15(11-17(21)22)18(23)20-9-5-1-2-6-10-20/h3-4,7-8,15H,1-2,5-6,9-11,13H2. The van der Waals surface area contributed by atoms with Gasteiger partial charge in [0, 0.05) is 26.1 Å². The van der Waals surface area contributed by atoms with Crippen molar-refractivity contribution in [3.63, 3.8) is 0 Å². The first-order valence-electron chi connectivity index (χ1n) is 8.29. The molecule has 2 aliphatic heterocycles. The van der Waals surface area contributed by atoms with Crippen LogP contribution in [-0.4, -0.2) is 36.3 Å². The van der Waals surface area contributed by atoms with E-state index in [9.17, 15) is 14.9 Å². The lowest BCUT2D eigenvalue weighted by atomic mass is 10.1. The highest BCUT2D eigenvalue weighted by Gasteiger charge is 2.37. The minimum Gasteiger partial charge on any atom is -0.342 e. The average molecular weight is 311 g/mol. The fourth-order valence-corrected chi connectivity index (χ4v) is 3.46. The number of para-hydroxylation sites is 1. The van der Waals surface area contributed by atoms with Gasteiger partial charge in [0.05, 0.1) is 17.2 Å². The fourth-order valence-electron chi connectivity index (χ4n) is 3.46. The molecule has 2 heterocycles. The summed E-state index contributed by atoms with van der Waals surface area (Å²) in [6.45, 7) is 1.99. The molecule has 5 nitrogen and oxygen atoms in total. The second-order valence-electron chi connectivity index (χ2n) is 6.27. The molecule has 2 amide bonds. The van der Waals surface area contributed by atoms with Gasteiger partial charge in [-0.25, -0.2) is 0 Å². The third kappa shape index (κ3) is 3.21. The Morgan fingerprint density at radius 2 is 1.83 bits per heavy atom. The van der Waals surface area contributed by atoms with Crippen molar-refractivity contribution in [1.82, 2.24) is 4.90 Å². The lowest BCUT2D eigenvalue weighted by Gasteiger charge is -2.24. The van der Waals surface area contributed by atoms with Gasteiger partial charge in [-0.05, 0) is 25.0 Å². The zero-order valence-corrected chi connectivity index (χ0v) is 13.2. The average Bonchev–Trinajstić information content (AvgIpc) is 2.78. The summed E-state index contributed by atoms with van der Waals surface area (Å²) in [5.41, 5.74) is 1.09. The predicted octanol–water partition coefficient (Wildman–Crippen LogP) is 2.31. The number of nitriles is 1. The summed E-state index contributed by atoms with van der Waals surface area (Å²) >= 11 is 0. The first-order chi connectivity index (χ1) is 11.2. The molecule has 1 aromatic rings. The molecule has 2 saturated heterocycles. The number of hydrogen-bond donors (Lipinski definition) is 0. The number of anilines is 1. The van der Waals surface area contributed by atoms with Crippen LogP contribution in [0.15, 0.2) is 24.3 Å². The topological polar surface area (TPSA) is 64.4 Å². The van der Waals surface area contributed by atoms with E-state index in [2.05, 4.69) is 6.07 Å². The zero-order chi connectivity index (χ0) is 16.2. The van der Waals surface area contributed by atoms with Crippen molar-refractivity contribution in [2.45, 2.75) is 32.1 Å². The molecular formula is C18H21N3O2. The quantitative estimate of drug-likeness (QED) is 0.842. The van der Waals surface area contributed by atoms with Gasteiger partial charge in [-0.3, -0.25) is 9.59 Å². The summed E-state index contributed by atoms with van der Waals surface area (Å²) < 4.78 is 0. The van der Waals surface area contributed by atoms with Crippen molar-refractivity contribution in [2.75, 3.05) is 24.5 Å². The van der Waals surface area contributed by atoms with Crippen LogP contribution in [0.1, 0.15) is 37.7 Å². The second kappa shape index (κ2) is 6.82. The van der Waals surface area contributed by atoms with Gasteiger partial charge in [0.2, 0.25) is 11.8 Å². The van der Waals surface area contributed by atoms with Crippen LogP contribution < -0.4 is 4.90 Å². The molecule has 0 saturated carbocycles. The maximum atomic E-state index is 12.7. The van der Waals surface area contributed by atoms with E-state index in [0.29, 0.717) is 17.8 Å². The Hall–Kier alpha value is -2.35. The first-order valence-corrected chi connectivity index (χ1v) is 8.29. The van der Waals surface area contributed by atoms with E-state index < -0.39 is 0 Å².